The van der Waals surface area contributed by atoms with E-state index in [4.69, 9.17) is 5.73 Å². The van der Waals surface area contributed by atoms with Gasteiger partial charge in [-0.25, -0.2) is 0 Å². The van der Waals surface area contributed by atoms with Gasteiger partial charge in [-0.15, -0.1) is 0 Å². The van der Waals surface area contributed by atoms with E-state index < -0.39 is 0 Å². The van der Waals surface area contributed by atoms with Crippen molar-refractivity contribution in [2.45, 2.75) is 70.9 Å². The van der Waals surface area contributed by atoms with E-state index in [2.05, 4.69) is 30.6 Å². The minimum Gasteiger partial charge on any atom is -0.329 e. The van der Waals surface area contributed by atoms with Gasteiger partial charge in [0.25, 0.3) is 0 Å². The van der Waals surface area contributed by atoms with Crippen LogP contribution in [0.1, 0.15) is 59.3 Å². The van der Waals surface area contributed by atoms with E-state index in [0.717, 1.165) is 18.5 Å². The molecule has 3 nitrogen and oxygen atoms in total. The molecule has 3 rings (SSSR count). The van der Waals surface area contributed by atoms with Crippen molar-refractivity contribution < 1.29 is 0 Å². The maximum Gasteiger partial charge on any atom is 0.0498 e. The molecular formula is C18H35N3. The Labute approximate surface area is 131 Å². The molecule has 122 valence electrons. The molecule has 2 N–H and O–H groups in total. The molecule has 3 heterocycles. The second-order valence-corrected chi connectivity index (χ2v) is 8.73. The molecule has 0 radical (unpaired) electrons. The monoisotopic (exact) mass is 293 g/mol. The summed E-state index contributed by atoms with van der Waals surface area (Å²) in [6.45, 7) is 13.2. The normalized spacial score (nSPS) is 36.9. The molecule has 0 aromatic heterocycles. The van der Waals surface area contributed by atoms with Crippen LogP contribution in [0.5, 0.6) is 0 Å². The van der Waals surface area contributed by atoms with E-state index in [1.54, 1.807) is 0 Å². The Bertz CT molecular complexity index is 354. The number of fused-ring (bicyclic) bond motifs is 1. The van der Waals surface area contributed by atoms with Crippen molar-refractivity contribution in [3.05, 3.63) is 0 Å². The SMILES string of the molecule is CC(C)(C)C1CCN(C2(CN)CCN3CCCCC32)CC1. The highest BCUT2D eigenvalue weighted by Crippen LogP contribution is 2.42. The summed E-state index contributed by atoms with van der Waals surface area (Å²) in [4.78, 5) is 5.54. The summed E-state index contributed by atoms with van der Waals surface area (Å²) >= 11 is 0. The zero-order valence-electron chi connectivity index (χ0n) is 14.4. The van der Waals surface area contributed by atoms with Crippen molar-refractivity contribution in [2.24, 2.45) is 17.1 Å². The molecule has 2 atom stereocenters. The van der Waals surface area contributed by atoms with Crippen LogP contribution in [0.3, 0.4) is 0 Å². The molecule has 0 aromatic rings. The zero-order valence-corrected chi connectivity index (χ0v) is 14.4. The number of nitrogens with two attached hydrogens (primary N) is 1. The van der Waals surface area contributed by atoms with E-state index in [9.17, 15) is 0 Å². The minimum absolute atomic E-state index is 0.295. The first-order valence-electron chi connectivity index (χ1n) is 9.16. The molecule has 0 saturated carbocycles. The Morgan fingerprint density at radius 1 is 1.00 bits per heavy atom. The first-order valence-corrected chi connectivity index (χ1v) is 9.16. The van der Waals surface area contributed by atoms with Gasteiger partial charge in [0.1, 0.15) is 0 Å². The molecule has 3 aliphatic heterocycles. The van der Waals surface area contributed by atoms with Crippen LogP contribution in [0.4, 0.5) is 0 Å². The third kappa shape index (κ3) is 2.77. The predicted molar refractivity (Wildman–Crippen MR) is 89.4 cm³/mol. The second kappa shape index (κ2) is 5.82. The van der Waals surface area contributed by atoms with Crippen LogP contribution in [0.25, 0.3) is 0 Å². The van der Waals surface area contributed by atoms with Crippen molar-refractivity contribution in [1.82, 2.24) is 9.80 Å². The summed E-state index contributed by atoms with van der Waals surface area (Å²) < 4.78 is 0. The van der Waals surface area contributed by atoms with Crippen LogP contribution in [0, 0.1) is 11.3 Å². The van der Waals surface area contributed by atoms with E-state index in [1.807, 2.05) is 0 Å². The lowest BCUT2D eigenvalue weighted by Gasteiger charge is -2.51. The molecule has 0 spiro atoms. The van der Waals surface area contributed by atoms with E-state index >= 15 is 0 Å². The molecule has 3 aliphatic rings. The average Bonchev–Trinajstić information content (AvgIpc) is 2.86. The highest BCUT2D eigenvalue weighted by Gasteiger charge is 2.51. The predicted octanol–water partition coefficient (Wildman–Crippen LogP) is 2.70. The molecule has 3 fully saturated rings. The molecule has 3 saturated heterocycles. The molecule has 0 amide bonds. The Hall–Kier alpha value is -0.120. The van der Waals surface area contributed by atoms with Gasteiger partial charge >= 0.3 is 0 Å². The minimum atomic E-state index is 0.295. The maximum atomic E-state index is 6.36. The summed E-state index contributed by atoms with van der Waals surface area (Å²) in [6, 6.07) is 0.738. The lowest BCUT2D eigenvalue weighted by molar-refractivity contribution is -0.00102. The molecule has 3 heteroatoms. The topological polar surface area (TPSA) is 32.5 Å². The summed E-state index contributed by atoms with van der Waals surface area (Å²) in [5, 5.41) is 0. The van der Waals surface area contributed by atoms with Crippen LogP contribution in [0.15, 0.2) is 0 Å². The first kappa shape index (κ1) is 15.8. The molecular weight excluding hydrogens is 258 g/mol. The smallest absolute Gasteiger partial charge is 0.0498 e. The number of nitrogens with zero attached hydrogens (tertiary/aromatic N) is 2. The van der Waals surface area contributed by atoms with E-state index in [0.29, 0.717) is 11.0 Å². The van der Waals surface area contributed by atoms with Crippen LogP contribution in [-0.2, 0) is 0 Å². The number of likely N-dealkylation sites (tertiary alicyclic amines) is 1. The van der Waals surface area contributed by atoms with Crippen LogP contribution in [0.2, 0.25) is 0 Å². The average molecular weight is 293 g/mol. The highest BCUT2D eigenvalue weighted by molar-refractivity contribution is 5.09. The number of piperidine rings is 2. The van der Waals surface area contributed by atoms with Gasteiger partial charge < -0.3 is 5.73 Å². The molecule has 2 unspecified atom stereocenters. The Morgan fingerprint density at radius 2 is 1.71 bits per heavy atom. The third-order valence-corrected chi connectivity index (χ3v) is 6.77. The fourth-order valence-electron chi connectivity index (χ4n) is 5.30. The van der Waals surface area contributed by atoms with Crippen LogP contribution < -0.4 is 5.73 Å². The molecule has 0 aromatic carbocycles. The fourth-order valence-corrected chi connectivity index (χ4v) is 5.30. The quantitative estimate of drug-likeness (QED) is 0.849. The van der Waals surface area contributed by atoms with Gasteiger partial charge in [0.15, 0.2) is 0 Å². The van der Waals surface area contributed by atoms with Gasteiger partial charge in [0.2, 0.25) is 0 Å². The molecule has 0 bridgehead atoms. The summed E-state index contributed by atoms with van der Waals surface area (Å²) in [6.07, 6.45) is 8.19. The van der Waals surface area contributed by atoms with Crippen molar-refractivity contribution in [1.29, 1.82) is 0 Å². The van der Waals surface area contributed by atoms with E-state index in [-0.39, 0.29) is 0 Å². The largest absolute Gasteiger partial charge is 0.329 e. The summed E-state index contributed by atoms with van der Waals surface area (Å²) in [5.74, 6) is 0.882. The van der Waals surface area contributed by atoms with Gasteiger partial charge in [0.05, 0.1) is 0 Å². The van der Waals surface area contributed by atoms with Crippen molar-refractivity contribution in [3.63, 3.8) is 0 Å². The Balaban J connectivity index is 1.70. The zero-order chi connectivity index (χ0) is 15.1. The second-order valence-electron chi connectivity index (χ2n) is 8.73. The Morgan fingerprint density at radius 3 is 2.33 bits per heavy atom. The highest BCUT2D eigenvalue weighted by atomic mass is 15.3. The van der Waals surface area contributed by atoms with E-state index in [1.165, 1.54) is 64.7 Å². The van der Waals surface area contributed by atoms with Crippen LogP contribution >= 0.6 is 0 Å². The number of rotatable bonds is 2. The third-order valence-electron chi connectivity index (χ3n) is 6.77. The van der Waals surface area contributed by atoms with Gasteiger partial charge in [-0.1, -0.05) is 27.2 Å². The van der Waals surface area contributed by atoms with Gasteiger partial charge in [0, 0.05) is 24.7 Å². The van der Waals surface area contributed by atoms with Crippen LogP contribution in [-0.4, -0.2) is 54.1 Å². The lowest BCUT2D eigenvalue weighted by Crippen LogP contribution is -2.63. The Kier molecular flexibility index (Phi) is 4.37. The standard InChI is InChI=1S/C18H35N3/c1-17(2,3)15-7-11-21(12-8-15)18(14-19)9-13-20-10-5-4-6-16(18)20/h15-16H,4-14,19H2,1-3H3. The van der Waals surface area contributed by atoms with Gasteiger partial charge in [-0.2, -0.15) is 0 Å². The number of hydrogen-bond donors (Lipinski definition) is 1. The lowest BCUT2D eigenvalue weighted by atomic mass is 9.73. The van der Waals surface area contributed by atoms with Gasteiger partial charge in [-0.3, -0.25) is 9.80 Å². The molecule has 21 heavy (non-hydrogen) atoms. The van der Waals surface area contributed by atoms with Crippen molar-refractivity contribution >= 4 is 0 Å². The maximum absolute atomic E-state index is 6.36. The first-order chi connectivity index (χ1) is 9.97. The summed E-state index contributed by atoms with van der Waals surface area (Å²) in [7, 11) is 0. The fraction of sp³-hybridized carbons (Fsp3) is 1.00. The van der Waals surface area contributed by atoms with Crippen molar-refractivity contribution in [2.75, 3.05) is 32.7 Å². The van der Waals surface area contributed by atoms with Crippen molar-refractivity contribution in [3.8, 4) is 0 Å². The molecule has 0 aliphatic carbocycles. The summed E-state index contributed by atoms with van der Waals surface area (Å²) in [5.41, 5.74) is 7.12. The number of hydrogen-bond acceptors (Lipinski definition) is 3. The van der Waals surface area contributed by atoms with Gasteiger partial charge in [-0.05, 0) is 63.1 Å².